The first kappa shape index (κ1) is 18.1. The molecule has 0 bridgehead atoms. The molecule has 1 saturated carbocycles. The smallest absolute Gasteiger partial charge is 0.351 e. The highest BCUT2D eigenvalue weighted by Crippen LogP contribution is 2.44. The van der Waals surface area contributed by atoms with Crippen LogP contribution in [0.25, 0.3) is 0 Å². The molecule has 134 valence electrons. The third-order valence-electron chi connectivity index (χ3n) is 4.88. The van der Waals surface area contributed by atoms with Gasteiger partial charge >= 0.3 is 23.9 Å². The lowest BCUT2D eigenvalue weighted by Crippen LogP contribution is -2.67. The summed E-state index contributed by atoms with van der Waals surface area (Å²) < 4.78 is 0. The first-order valence-electron chi connectivity index (χ1n) is 7.56. The number of carbonyl (C=O) groups is 4. The highest BCUT2D eigenvalue weighted by molar-refractivity contribution is 6.04. The summed E-state index contributed by atoms with van der Waals surface area (Å²) >= 11 is 0. The van der Waals surface area contributed by atoms with E-state index < -0.39 is 54.7 Å². The molecule has 4 N–H and O–H groups in total. The van der Waals surface area contributed by atoms with Crippen molar-refractivity contribution in [2.75, 3.05) is 13.1 Å². The number of carboxylic acid groups (broad SMARTS) is 4. The lowest BCUT2D eigenvalue weighted by Gasteiger charge is -2.36. The van der Waals surface area contributed by atoms with Crippen molar-refractivity contribution >= 4 is 23.9 Å². The molecule has 0 aromatic carbocycles. The Morgan fingerprint density at radius 1 is 0.875 bits per heavy atom. The minimum Gasteiger partial charge on any atom is -0.480 e. The number of carboxylic acids is 4. The summed E-state index contributed by atoms with van der Waals surface area (Å²) in [5.41, 5.74) is -2.70. The predicted molar refractivity (Wildman–Crippen MR) is 77.3 cm³/mol. The predicted octanol–water partition coefficient (Wildman–Crippen LogP) is -0.804. The molecule has 10 heteroatoms. The van der Waals surface area contributed by atoms with Crippen LogP contribution in [0.5, 0.6) is 0 Å². The van der Waals surface area contributed by atoms with Gasteiger partial charge in [0.25, 0.3) is 5.66 Å². The van der Waals surface area contributed by atoms with Gasteiger partial charge in [0.15, 0.2) is 0 Å². The first-order chi connectivity index (χ1) is 11.1. The van der Waals surface area contributed by atoms with Gasteiger partial charge in [0, 0.05) is 12.1 Å². The minimum absolute atomic E-state index is 0.160. The number of fused-ring (bicyclic) bond motifs is 1. The molecule has 0 radical (unpaired) electrons. The summed E-state index contributed by atoms with van der Waals surface area (Å²) in [5, 5.41) is 37.6. The molecule has 2 rings (SSSR count). The fourth-order valence-electron chi connectivity index (χ4n) is 4.02. The second kappa shape index (κ2) is 6.36. The third kappa shape index (κ3) is 2.71. The van der Waals surface area contributed by atoms with E-state index in [1.54, 1.807) is 0 Å². The van der Waals surface area contributed by atoms with E-state index in [4.69, 9.17) is 10.2 Å². The van der Waals surface area contributed by atoms with E-state index >= 15 is 0 Å². The Morgan fingerprint density at radius 3 is 1.75 bits per heavy atom. The van der Waals surface area contributed by atoms with Crippen molar-refractivity contribution in [1.29, 1.82) is 0 Å². The van der Waals surface area contributed by atoms with Crippen molar-refractivity contribution in [2.45, 2.75) is 43.9 Å². The standard InChI is InChI=1S/C14H20N2O8/c1-7-2-3-8-9(4-7)16(6-11(19)20)14(12(21)22,13(23)24)15(8)5-10(17)18/h7-9H,2-6H2,1H3,(H,17,18)(H,19,20)(H,21,22)(H,23,24). The molecular weight excluding hydrogens is 324 g/mol. The summed E-state index contributed by atoms with van der Waals surface area (Å²) in [5.74, 6) is -6.13. The van der Waals surface area contributed by atoms with Gasteiger partial charge < -0.3 is 20.4 Å². The number of nitrogens with zero attached hydrogens (tertiary/aromatic N) is 2. The summed E-state index contributed by atoms with van der Waals surface area (Å²) in [4.78, 5) is 48.1. The second-order valence-electron chi connectivity index (χ2n) is 6.38. The summed E-state index contributed by atoms with van der Waals surface area (Å²) in [6.07, 6.45) is 1.52. The van der Waals surface area contributed by atoms with Gasteiger partial charge in [-0.3, -0.25) is 19.4 Å². The molecular formula is C14H20N2O8. The molecule has 0 aromatic heterocycles. The van der Waals surface area contributed by atoms with Gasteiger partial charge in [-0.25, -0.2) is 9.59 Å². The molecule has 0 aromatic rings. The van der Waals surface area contributed by atoms with Gasteiger partial charge in [-0.2, -0.15) is 0 Å². The number of hydrogen-bond acceptors (Lipinski definition) is 6. The van der Waals surface area contributed by atoms with Gasteiger partial charge in [-0.1, -0.05) is 6.92 Å². The van der Waals surface area contributed by atoms with Gasteiger partial charge in [0.2, 0.25) is 0 Å². The molecule has 1 heterocycles. The Hall–Kier alpha value is -2.20. The summed E-state index contributed by atoms with van der Waals surface area (Å²) in [7, 11) is 0. The molecule has 1 aliphatic heterocycles. The van der Waals surface area contributed by atoms with Crippen LogP contribution in [0.2, 0.25) is 0 Å². The fourth-order valence-corrected chi connectivity index (χ4v) is 4.02. The lowest BCUT2D eigenvalue weighted by atomic mass is 9.83. The Bertz CT molecular complexity index is 563. The zero-order valence-corrected chi connectivity index (χ0v) is 13.1. The van der Waals surface area contributed by atoms with Crippen LogP contribution < -0.4 is 0 Å². The van der Waals surface area contributed by atoms with Crippen LogP contribution in [0.1, 0.15) is 26.2 Å². The Balaban J connectivity index is 2.61. The molecule has 0 amide bonds. The molecule has 3 atom stereocenters. The molecule has 3 unspecified atom stereocenters. The van der Waals surface area contributed by atoms with E-state index in [2.05, 4.69) is 0 Å². The average Bonchev–Trinajstić information content (AvgIpc) is 2.68. The normalized spacial score (nSPS) is 29.8. The highest BCUT2D eigenvalue weighted by Gasteiger charge is 2.68. The lowest BCUT2D eigenvalue weighted by molar-refractivity contribution is -0.180. The zero-order valence-electron chi connectivity index (χ0n) is 13.1. The van der Waals surface area contributed by atoms with Crippen molar-refractivity contribution in [3.8, 4) is 0 Å². The van der Waals surface area contributed by atoms with Crippen LogP contribution in [0, 0.1) is 5.92 Å². The molecule has 24 heavy (non-hydrogen) atoms. The highest BCUT2D eigenvalue weighted by atomic mass is 16.4. The van der Waals surface area contributed by atoms with Crippen LogP contribution in [0.3, 0.4) is 0 Å². The second-order valence-corrected chi connectivity index (χ2v) is 6.38. The summed E-state index contributed by atoms with van der Waals surface area (Å²) in [6.45, 7) is 0.338. The number of hydrogen-bond donors (Lipinski definition) is 4. The quantitative estimate of drug-likeness (QED) is 0.450. The van der Waals surface area contributed by atoms with E-state index in [9.17, 15) is 29.4 Å². The maximum Gasteiger partial charge on any atom is 0.351 e. The van der Waals surface area contributed by atoms with E-state index in [0.717, 1.165) is 9.80 Å². The molecule has 2 fully saturated rings. The summed E-state index contributed by atoms with van der Waals surface area (Å²) in [6, 6.07) is -1.28. The number of rotatable bonds is 6. The van der Waals surface area contributed by atoms with Gasteiger partial charge in [0.1, 0.15) is 0 Å². The molecule has 2 aliphatic rings. The monoisotopic (exact) mass is 344 g/mol. The SMILES string of the molecule is CC1CCC2C(C1)N(CC(=O)O)C(C(=O)O)(C(=O)O)N2CC(=O)O. The van der Waals surface area contributed by atoms with Crippen LogP contribution in [0.4, 0.5) is 0 Å². The van der Waals surface area contributed by atoms with Crippen LogP contribution >= 0.6 is 0 Å². The Kier molecular flexibility index (Phi) is 4.81. The first-order valence-corrected chi connectivity index (χ1v) is 7.56. The molecule has 1 saturated heterocycles. The number of aliphatic carboxylic acids is 4. The van der Waals surface area contributed by atoms with E-state index in [0.29, 0.717) is 19.3 Å². The maximum absolute atomic E-state index is 11.9. The van der Waals surface area contributed by atoms with E-state index in [1.165, 1.54) is 0 Å². The van der Waals surface area contributed by atoms with E-state index in [1.807, 2.05) is 6.92 Å². The molecule has 1 aliphatic carbocycles. The topological polar surface area (TPSA) is 156 Å². The van der Waals surface area contributed by atoms with Gasteiger partial charge in [0.05, 0.1) is 13.1 Å². The molecule has 10 nitrogen and oxygen atoms in total. The Morgan fingerprint density at radius 2 is 1.33 bits per heavy atom. The maximum atomic E-state index is 11.9. The van der Waals surface area contributed by atoms with Crippen LogP contribution in [0.15, 0.2) is 0 Å². The largest absolute Gasteiger partial charge is 0.480 e. The van der Waals surface area contributed by atoms with Gasteiger partial charge in [-0.05, 0) is 25.2 Å². The van der Waals surface area contributed by atoms with Crippen molar-refractivity contribution in [1.82, 2.24) is 9.80 Å². The van der Waals surface area contributed by atoms with Crippen LogP contribution in [-0.2, 0) is 19.2 Å². The van der Waals surface area contributed by atoms with Crippen molar-refractivity contribution in [3.63, 3.8) is 0 Å². The third-order valence-corrected chi connectivity index (χ3v) is 4.88. The van der Waals surface area contributed by atoms with Crippen molar-refractivity contribution in [2.24, 2.45) is 5.92 Å². The minimum atomic E-state index is -2.70. The molecule has 0 spiro atoms. The fraction of sp³-hybridized carbons (Fsp3) is 0.714. The van der Waals surface area contributed by atoms with Crippen molar-refractivity contribution < 1.29 is 39.6 Å². The van der Waals surface area contributed by atoms with Crippen molar-refractivity contribution in [3.05, 3.63) is 0 Å². The Labute approximate surface area is 137 Å². The van der Waals surface area contributed by atoms with E-state index in [-0.39, 0.29) is 5.92 Å². The van der Waals surface area contributed by atoms with Crippen LogP contribution in [-0.4, -0.2) is 84.9 Å². The zero-order chi connectivity index (χ0) is 18.2. The van der Waals surface area contributed by atoms with Gasteiger partial charge in [-0.15, -0.1) is 0 Å². The average molecular weight is 344 g/mol.